The molecule has 0 atom stereocenters. The van der Waals surface area contributed by atoms with Crippen molar-refractivity contribution in [1.29, 1.82) is 0 Å². The molecule has 1 aromatic carbocycles. The number of anilines is 1. The highest BCUT2D eigenvalue weighted by atomic mass is 16.2. The summed E-state index contributed by atoms with van der Waals surface area (Å²) in [7, 11) is 0. The number of benzene rings is 1. The molecule has 3 nitrogen and oxygen atoms in total. The average Bonchev–Trinajstić information content (AvgIpc) is 2.15. The van der Waals surface area contributed by atoms with Crippen LogP contribution in [-0.4, -0.2) is 16.8 Å². The highest BCUT2D eigenvalue weighted by molar-refractivity contribution is 5.73. The number of nitrogen functional groups attached to an aromatic ring is 1. The highest BCUT2D eigenvalue weighted by Crippen LogP contribution is 2.15. The van der Waals surface area contributed by atoms with Gasteiger partial charge in [-0.1, -0.05) is 18.2 Å². The summed E-state index contributed by atoms with van der Waals surface area (Å²) in [6, 6.07) is 7.83. The maximum atomic E-state index is 11.4. The summed E-state index contributed by atoms with van der Waals surface area (Å²) >= 11 is 0. The normalized spacial score (nSPS) is 10.4. The first-order valence-electron chi connectivity index (χ1n) is 5.13. The maximum Gasteiger partial charge on any atom is 0.219 e. The molecule has 3 heteroatoms. The van der Waals surface area contributed by atoms with E-state index in [0.717, 1.165) is 11.3 Å². The quantitative estimate of drug-likeness (QED) is 0.769. The van der Waals surface area contributed by atoms with Gasteiger partial charge in [0.25, 0.3) is 0 Å². The molecule has 0 saturated carbocycles. The van der Waals surface area contributed by atoms with E-state index in [1.165, 1.54) is 0 Å². The minimum atomic E-state index is 0.0771. The first kappa shape index (κ1) is 11.6. The van der Waals surface area contributed by atoms with Crippen molar-refractivity contribution < 1.29 is 4.79 Å². The van der Waals surface area contributed by atoms with Crippen LogP contribution in [0.25, 0.3) is 0 Å². The van der Waals surface area contributed by atoms with Crippen molar-refractivity contribution in [2.75, 3.05) is 5.73 Å². The van der Waals surface area contributed by atoms with Gasteiger partial charge in [0.1, 0.15) is 0 Å². The number of rotatable bonds is 3. The van der Waals surface area contributed by atoms with E-state index >= 15 is 0 Å². The Bertz CT molecular complexity index is 347. The van der Waals surface area contributed by atoms with E-state index in [4.69, 9.17) is 5.73 Å². The predicted molar refractivity (Wildman–Crippen MR) is 62.2 cm³/mol. The zero-order valence-corrected chi connectivity index (χ0v) is 9.53. The molecule has 0 saturated heterocycles. The molecule has 0 fully saturated rings. The summed E-state index contributed by atoms with van der Waals surface area (Å²) in [4.78, 5) is 13.2. The molecule has 0 aromatic heterocycles. The van der Waals surface area contributed by atoms with E-state index in [9.17, 15) is 4.79 Å². The summed E-state index contributed by atoms with van der Waals surface area (Å²) in [5.41, 5.74) is 7.57. The van der Waals surface area contributed by atoms with Gasteiger partial charge >= 0.3 is 0 Å². The van der Waals surface area contributed by atoms with Gasteiger partial charge in [0.2, 0.25) is 5.91 Å². The fourth-order valence-electron chi connectivity index (χ4n) is 1.52. The molecule has 0 bridgehead atoms. The molecular formula is C12H18N2O. The molecule has 0 aliphatic heterocycles. The van der Waals surface area contributed by atoms with Crippen molar-refractivity contribution in [3.8, 4) is 0 Å². The Morgan fingerprint density at radius 1 is 1.40 bits per heavy atom. The van der Waals surface area contributed by atoms with Gasteiger partial charge in [-0.3, -0.25) is 4.79 Å². The molecule has 0 aliphatic rings. The van der Waals surface area contributed by atoms with Crippen molar-refractivity contribution in [1.82, 2.24) is 4.90 Å². The lowest BCUT2D eigenvalue weighted by molar-refractivity contribution is -0.131. The van der Waals surface area contributed by atoms with Gasteiger partial charge in [-0.25, -0.2) is 0 Å². The van der Waals surface area contributed by atoms with Gasteiger partial charge in [-0.15, -0.1) is 0 Å². The summed E-state index contributed by atoms with van der Waals surface area (Å²) in [6.07, 6.45) is 0. The first-order valence-corrected chi connectivity index (χ1v) is 5.13. The molecular weight excluding hydrogens is 188 g/mol. The highest BCUT2D eigenvalue weighted by Gasteiger charge is 2.13. The summed E-state index contributed by atoms with van der Waals surface area (Å²) in [6.45, 7) is 6.17. The van der Waals surface area contributed by atoms with Crippen LogP contribution in [0.1, 0.15) is 26.3 Å². The Kier molecular flexibility index (Phi) is 3.72. The van der Waals surface area contributed by atoms with E-state index < -0.39 is 0 Å². The number of hydrogen-bond donors (Lipinski definition) is 1. The number of carbonyl (C=O) groups is 1. The van der Waals surface area contributed by atoms with E-state index in [2.05, 4.69) is 0 Å². The van der Waals surface area contributed by atoms with E-state index in [0.29, 0.717) is 6.54 Å². The predicted octanol–water partition coefficient (Wildman–Crippen LogP) is 2.03. The van der Waals surface area contributed by atoms with E-state index in [1.807, 2.05) is 38.1 Å². The van der Waals surface area contributed by atoms with Crippen molar-refractivity contribution in [2.24, 2.45) is 0 Å². The van der Waals surface area contributed by atoms with Crippen LogP contribution in [0.5, 0.6) is 0 Å². The van der Waals surface area contributed by atoms with Crippen molar-refractivity contribution in [3.05, 3.63) is 29.8 Å². The molecule has 82 valence electrons. The van der Waals surface area contributed by atoms with Crippen molar-refractivity contribution in [2.45, 2.75) is 33.4 Å². The SMILES string of the molecule is CC(=O)N(Cc1ccccc1N)C(C)C. The third kappa shape index (κ3) is 2.98. The third-order valence-corrected chi connectivity index (χ3v) is 2.42. The van der Waals surface area contributed by atoms with Crippen LogP contribution in [-0.2, 0) is 11.3 Å². The van der Waals surface area contributed by atoms with Crippen LogP contribution < -0.4 is 5.73 Å². The fourth-order valence-corrected chi connectivity index (χ4v) is 1.52. The lowest BCUT2D eigenvalue weighted by Crippen LogP contribution is -2.34. The maximum absolute atomic E-state index is 11.4. The van der Waals surface area contributed by atoms with Crippen molar-refractivity contribution in [3.63, 3.8) is 0 Å². The summed E-state index contributed by atoms with van der Waals surface area (Å²) in [5, 5.41) is 0. The zero-order valence-electron chi connectivity index (χ0n) is 9.53. The van der Waals surface area contributed by atoms with Gasteiger partial charge in [-0.2, -0.15) is 0 Å². The Morgan fingerprint density at radius 2 is 2.00 bits per heavy atom. The standard InChI is InChI=1S/C12H18N2O/c1-9(2)14(10(3)15)8-11-6-4-5-7-12(11)13/h4-7,9H,8,13H2,1-3H3. The lowest BCUT2D eigenvalue weighted by atomic mass is 10.1. The molecule has 0 aliphatic carbocycles. The van der Waals surface area contributed by atoms with Gasteiger partial charge < -0.3 is 10.6 Å². The third-order valence-electron chi connectivity index (χ3n) is 2.42. The Morgan fingerprint density at radius 3 is 2.47 bits per heavy atom. The van der Waals surface area contributed by atoms with Gasteiger partial charge in [-0.05, 0) is 25.5 Å². The second kappa shape index (κ2) is 4.82. The Labute approximate surface area is 90.9 Å². The van der Waals surface area contributed by atoms with Crippen molar-refractivity contribution >= 4 is 11.6 Å². The molecule has 15 heavy (non-hydrogen) atoms. The van der Waals surface area contributed by atoms with Crippen LogP contribution in [0, 0.1) is 0 Å². The number of carbonyl (C=O) groups excluding carboxylic acids is 1. The number of hydrogen-bond acceptors (Lipinski definition) is 2. The molecule has 0 heterocycles. The van der Waals surface area contributed by atoms with E-state index in [1.54, 1.807) is 11.8 Å². The smallest absolute Gasteiger partial charge is 0.219 e. The molecule has 1 amide bonds. The monoisotopic (exact) mass is 206 g/mol. The fraction of sp³-hybridized carbons (Fsp3) is 0.417. The second-order valence-corrected chi connectivity index (χ2v) is 3.94. The zero-order chi connectivity index (χ0) is 11.4. The molecule has 0 unspecified atom stereocenters. The Hall–Kier alpha value is -1.51. The topological polar surface area (TPSA) is 46.3 Å². The van der Waals surface area contributed by atoms with Crippen LogP contribution in [0.2, 0.25) is 0 Å². The molecule has 0 radical (unpaired) electrons. The lowest BCUT2D eigenvalue weighted by Gasteiger charge is -2.25. The molecule has 0 spiro atoms. The number of amides is 1. The molecule has 1 rings (SSSR count). The minimum Gasteiger partial charge on any atom is -0.398 e. The van der Waals surface area contributed by atoms with E-state index in [-0.39, 0.29) is 11.9 Å². The van der Waals surface area contributed by atoms with Crippen LogP contribution in [0.15, 0.2) is 24.3 Å². The van der Waals surface area contributed by atoms with Gasteiger partial charge in [0.05, 0.1) is 0 Å². The summed E-state index contributed by atoms with van der Waals surface area (Å²) in [5.74, 6) is 0.0771. The van der Waals surface area contributed by atoms with Crippen LogP contribution >= 0.6 is 0 Å². The Balaban J connectivity index is 2.84. The number of para-hydroxylation sites is 1. The van der Waals surface area contributed by atoms with Gasteiger partial charge in [0.15, 0.2) is 0 Å². The van der Waals surface area contributed by atoms with Gasteiger partial charge in [0, 0.05) is 25.2 Å². The molecule has 2 N–H and O–H groups in total. The largest absolute Gasteiger partial charge is 0.398 e. The average molecular weight is 206 g/mol. The number of nitrogens with zero attached hydrogens (tertiary/aromatic N) is 1. The van der Waals surface area contributed by atoms with Crippen LogP contribution in [0.3, 0.4) is 0 Å². The first-order chi connectivity index (χ1) is 7.02. The molecule has 1 aromatic rings. The minimum absolute atomic E-state index is 0.0771. The number of nitrogens with two attached hydrogens (primary N) is 1. The summed E-state index contributed by atoms with van der Waals surface area (Å²) < 4.78 is 0. The second-order valence-electron chi connectivity index (χ2n) is 3.94. The van der Waals surface area contributed by atoms with Crippen LogP contribution in [0.4, 0.5) is 5.69 Å².